The Morgan fingerprint density at radius 3 is 2.45 bits per heavy atom. The summed E-state index contributed by atoms with van der Waals surface area (Å²) in [6.45, 7) is 4.35. The van der Waals surface area contributed by atoms with Crippen LogP contribution in [0.3, 0.4) is 0 Å². The molecule has 0 aliphatic heterocycles. The van der Waals surface area contributed by atoms with Gasteiger partial charge in [-0.1, -0.05) is 32.0 Å². The average molecular weight is 270 g/mol. The standard InChI is InChI=1S/C17H18O3/c1-3-12(2)13-7-9-15(10-8-13)20-16-6-4-5-14(11-16)17(18)19/h4-12H,3H2,1-2H3,(H,18,19). The molecule has 3 nitrogen and oxygen atoms in total. The molecule has 3 heteroatoms. The van der Waals surface area contributed by atoms with Gasteiger partial charge in [0.1, 0.15) is 11.5 Å². The molecule has 1 unspecified atom stereocenters. The third-order valence-corrected chi connectivity index (χ3v) is 3.38. The molecule has 0 amide bonds. The molecular weight excluding hydrogens is 252 g/mol. The number of carbonyl (C=O) groups is 1. The Labute approximate surface area is 118 Å². The molecule has 0 heterocycles. The number of rotatable bonds is 5. The highest BCUT2D eigenvalue weighted by Gasteiger charge is 2.06. The van der Waals surface area contributed by atoms with Crippen LogP contribution in [0.4, 0.5) is 0 Å². The normalized spacial score (nSPS) is 11.9. The highest BCUT2D eigenvalue weighted by Crippen LogP contribution is 2.25. The SMILES string of the molecule is CCC(C)c1ccc(Oc2cccc(C(=O)O)c2)cc1. The van der Waals surface area contributed by atoms with E-state index >= 15 is 0 Å². The van der Waals surface area contributed by atoms with E-state index in [1.807, 2.05) is 24.3 Å². The minimum Gasteiger partial charge on any atom is -0.478 e. The van der Waals surface area contributed by atoms with Crippen LogP contribution in [0.1, 0.15) is 42.1 Å². The van der Waals surface area contributed by atoms with Gasteiger partial charge in [0.05, 0.1) is 5.56 Å². The Morgan fingerprint density at radius 2 is 1.85 bits per heavy atom. The number of benzene rings is 2. The maximum Gasteiger partial charge on any atom is 0.335 e. The summed E-state index contributed by atoms with van der Waals surface area (Å²) in [6, 6.07) is 14.4. The van der Waals surface area contributed by atoms with Gasteiger partial charge in [0.15, 0.2) is 0 Å². The number of carboxylic acid groups (broad SMARTS) is 1. The first-order valence-corrected chi connectivity index (χ1v) is 6.71. The molecular formula is C17H18O3. The molecule has 0 saturated carbocycles. The predicted molar refractivity (Wildman–Crippen MR) is 78.6 cm³/mol. The molecule has 0 aromatic heterocycles. The largest absolute Gasteiger partial charge is 0.478 e. The Hall–Kier alpha value is -2.29. The van der Waals surface area contributed by atoms with Crippen LogP contribution in [0.25, 0.3) is 0 Å². The Morgan fingerprint density at radius 1 is 1.15 bits per heavy atom. The van der Waals surface area contributed by atoms with Crippen molar-refractivity contribution in [2.75, 3.05) is 0 Å². The van der Waals surface area contributed by atoms with Crippen LogP contribution in [0.2, 0.25) is 0 Å². The minimum atomic E-state index is -0.956. The van der Waals surface area contributed by atoms with Crippen molar-refractivity contribution in [2.24, 2.45) is 0 Å². The van der Waals surface area contributed by atoms with E-state index in [1.54, 1.807) is 18.2 Å². The fourth-order valence-corrected chi connectivity index (χ4v) is 1.93. The molecule has 0 aliphatic carbocycles. The van der Waals surface area contributed by atoms with Gasteiger partial charge in [-0.3, -0.25) is 0 Å². The van der Waals surface area contributed by atoms with Gasteiger partial charge in [-0.2, -0.15) is 0 Å². The lowest BCUT2D eigenvalue weighted by Gasteiger charge is -2.10. The van der Waals surface area contributed by atoms with Gasteiger partial charge in [0.2, 0.25) is 0 Å². The second-order valence-electron chi connectivity index (χ2n) is 4.81. The Kier molecular flexibility index (Phi) is 4.41. The first kappa shape index (κ1) is 14.1. The molecule has 1 atom stereocenters. The molecule has 0 aliphatic rings. The lowest BCUT2D eigenvalue weighted by atomic mass is 9.99. The summed E-state index contributed by atoms with van der Waals surface area (Å²) in [5.74, 6) is 0.808. The van der Waals surface area contributed by atoms with Gasteiger partial charge < -0.3 is 9.84 Å². The van der Waals surface area contributed by atoms with Crippen LogP contribution < -0.4 is 4.74 Å². The summed E-state index contributed by atoms with van der Waals surface area (Å²) < 4.78 is 5.67. The van der Waals surface area contributed by atoms with Crippen molar-refractivity contribution in [1.29, 1.82) is 0 Å². The molecule has 2 rings (SSSR count). The Bertz CT molecular complexity index is 587. The van der Waals surface area contributed by atoms with Crippen molar-refractivity contribution in [3.8, 4) is 11.5 Å². The van der Waals surface area contributed by atoms with Crippen LogP contribution in [0, 0.1) is 0 Å². The summed E-state index contributed by atoms with van der Waals surface area (Å²) in [5, 5.41) is 8.94. The van der Waals surface area contributed by atoms with Gasteiger partial charge in [-0.15, -0.1) is 0 Å². The van der Waals surface area contributed by atoms with Crippen LogP contribution in [-0.2, 0) is 0 Å². The fourth-order valence-electron chi connectivity index (χ4n) is 1.93. The average Bonchev–Trinajstić information content (AvgIpc) is 2.47. The zero-order chi connectivity index (χ0) is 14.5. The van der Waals surface area contributed by atoms with E-state index in [4.69, 9.17) is 9.84 Å². The Balaban J connectivity index is 2.14. The molecule has 0 fully saturated rings. The first-order valence-electron chi connectivity index (χ1n) is 6.71. The lowest BCUT2D eigenvalue weighted by molar-refractivity contribution is 0.0696. The second-order valence-corrected chi connectivity index (χ2v) is 4.81. The van der Waals surface area contributed by atoms with Gasteiger partial charge >= 0.3 is 5.97 Å². The van der Waals surface area contributed by atoms with Crippen molar-refractivity contribution >= 4 is 5.97 Å². The number of carboxylic acids is 1. The van der Waals surface area contributed by atoms with Crippen molar-refractivity contribution in [3.05, 3.63) is 59.7 Å². The van der Waals surface area contributed by atoms with Crippen molar-refractivity contribution < 1.29 is 14.6 Å². The summed E-state index contributed by atoms with van der Waals surface area (Å²) in [6.07, 6.45) is 1.10. The van der Waals surface area contributed by atoms with E-state index in [9.17, 15) is 4.79 Å². The topological polar surface area (TPSA) is 46.5 Å². The zero-order valence-electron chi connectivity index (χ0n) is 11.7. The van der Waals surface area contributed by atoms with E-state index in [2.05, 4.69) is 13.8 Å². The second kappa shape index (κ2) is 6.24. The number of aromatic carboxylic acids is 1. The third-order valence-electron chi connectivity index (χ3n) is 3.38. The van der Waals surface area contributed by atoms with Gasteiger partial charge in [0.25, 0.3) is 0 Å². The summed E-state index contributed by atoms with van der Waals surface area (Å²) in [4.78, 5) is 10.9. The van der Waals surface area contributed by atoms with Gasteiger partial charge in [-0.05, 0) is 48.2 Å². The molecule has 20 heavy (non-hydrogen) atoms. The monoisotopic (exact) mass is 270 g/mol. The first-order chi connectivity index (χ1) is 9.60. The summed E-state index contributed by atoms with van der Waals surface area (Å²) >= 11 is 0. The lowest BCUT2D eigenvalue weighted by Crippen LogP contribution is -1.96. The highest BCUT2D eigenvalue weighted by atomic mass is 16.5. The molecule has 0 spiro atoms. The highest BCUT2D eigenvalue weighted by molar-refractivity contribution is 5.88. The molecule has 2 aromatic carbocycles. The molecule has 104 valence electrons. The van der Waals surface area contributed by atoms with E-state index in [-0.39, 0.29) is 5.56 Å². The van der Waals surface area contributed by atoms with Gasteiger partial charge in [0, 0.05) is 0 Å². The molecule has 2 aromatic rings. The van der Waals surface area contributed by atoms with E-state index < -0.39 is 5.97 Å². The van der Waals surface area contributed by atoms with E-state index in [0.29, 0.717) is 17.4 Å². The van der Waals surface area contributed by atoms with E-state index in [1.165, 1.54) is 11.6 Å². The summed E-state index contributed by atoms with van der Waals surface area (Å²) in [7, 11) is 0. The van der Waals surface area contributed by atoms with E-state index in [0.717, 1.165) is 6.42 Å². The van der Waals surface area contributed by atoms with Crippen LogP contribution in [-0.4, -0.2) is 11.1 Å². The van der Waals surface area contributed by atoms with Gasteiger partial charge in [-0.25, -0.2) is 4.79 Å². The smallest absolute Gasteiger partial charge is 0.335 e. The predicted octanol–water partition coefficient (Wildman–Crippen LogP) is 4.69. The number of hydrogen-bond donors (Lipinski definition) is 1. The summed E-state index contributed by atoms with van der Waals surface area (Å²) in [5.41, 5.74) is 1.50. The third kappa shape index (κ3) is 3.38. The number of hydrogen-bond acceptors (Lipinski definition) is 2. The van der Waals surface area contributed by atoms with Crippen molar-refractivity contribution in [2.45, 2.75) is 26.2 Å². The maximum atomic E-state index is 10.9. The molecule has 1 N–H and O–H groups in total. The van der Waals surface area contributed by atoms with Crippen molar-refractivity contribution in [3.63, 3.8) is 0 Å². The molecule has 0 bridgehead atoms. The van der Waals surface area contributed by atoms with Crippen LogP contribution in [0.5, 0.6) is 11.5 Å². The zero-order valence-corrected chi connectivity index (χ0v) is 11.7. The van der Waals surface area contributed by atoms with Crippen LogP contribution >= 0.6 is 0 Å². The quantitative estimate of drug-likeness (QED) is 0.857. The molecule has 0 saturated heterocycles. The maximum absolute atomic E-state index is 10.9. The number of ether oxygens (including phenoxy) is 1. The van der Waals surface area contributed by atoms with Crippen LogP contribution in [0.15, 0.2) is 48.5 Å². The minimum absolute atomic E-state index is 0.221. The van der Waals surface area contributed by atoms with Crippen molar-refractivity contribution in [1.82, 2.24) is 0 Å². The molecule has 0 radical (unpaired) electrons. The fraction of sp³-hybridized carbons (Fsp3) is 0.235.